The molecule has 0 saturated carbocycles. The SMILES string of the molecule is Cc1cc(C)n(CCCNC(=O)C2COCCN(C(=O)CS(C)(=O)=O)C2)n1. The van der Waals surface area contributed by atoms with Crippen LogP contribution in [0.15, 0.2) is 6.07 Å². The summed E-state index contributed by atoms with van der Waals surface area (Å²) in [5.41, 5.74) is 2.04. The number of amides is 2. The predicted molar refractivity (Wildman–Crippen MR) is 99.9 cm³/mol. The Morgan fingerprint density at radius 1 is 1.37 bits per heavy atom. The Labute approximate surface area is 160 Å². The number of hydrogen-bond donors (Lipinski definition) is 1. The topological polar surface area (TPSA) is 111 Å². The van der Waals surface area contributed by atoms with Crippen LogP contribution in [0.1, 0.15) is 17.8 Å². The van der Waals surface area contributed by atoms with Crippen LogP contribution in [0.25, 0.3) is 0 Å². The van der Waals surface area contributed by atoms with E-state index in [-0.39, 0.29) is 32.2 Å². The smallest absolute Gasteiger partial charge is 0.237 e. The number of hydrogen-bond acceptors (Lipinski definition) is 6. The van der Waals surface area contributed by atoms with E-state index in [1.54, 1.807) is 0 Å². The van der Waals surface area contributed by atoms with Crippen molar-refractivity contribution in [2.24, 2.45) is 5.92 Å². The van der Waals surface area contributed by atoms with Gasteiger partial charge < -0.3 is 15.0 Å². The second-order valence-corrected chi connectivity index (χ2v) is 9.12. The summed E-state index contributed by atoms with van der Waals surface area (Å²) >= 11 is 0. The molecule has 10 heteroatoms. The first kappa shape index (κ1) is 21.4. The lowest BCUT2D eigenvalue weighted by atomic mass is 10.1. The summed E-state index contributed by atoms with van der Waals surface area (Å²) in [7, 11) is -3.41. The van der Waals surface area contributed by atoms with Crippen LogP contribution in [-0.4, -0.2) is 79.8 Å². The molecule has 1 unspecified atom stereocenters. The number of nitrogens with zero attached hydrogens (tertiary/aromatic N) is 3. The average Bonchev–Trinajstić information content (AvgIpc) is 2.76. The lowest BCUT2D eigenvalue weighted by Crippen LogP contribution is -2.43. The van der Waals surface area contributed by atoms with Gasteiger partial charge in [0.05, 0.1) is 24.8 Å². The highest BCUT2D eigenvalue weighted by Crippen LogP contribution is 2.09. The molecule has 152 valence electrons. The van der Waals surface area contributed by atoms with Crippen LogP contribution < -0.4 is 5.32 Å². The zero-order chi connectivity index (χ0) is 20.0. The van der Waals surface area contributed by atoms with Crippen molar-refractivity contribution < 1.29 is 22.7 Å². The van der Waals surface area contributed by atoms with Gasteiger partial charge in [0.1, 0.15) is 5.75 Å². The van der Waals surface area contributed by atoms with E-state index < -0.39 is 27.4 Å². The van der Waals surface area contributed by atoms with Crippen molar-refractivity contribution in [3.8, 4) is 0 Å². The van der Waals surface area contributed by atoms with Gasteiger partial charge in [0, 0.05) is 38.1 Å². The number of nitrogens with one attached hydrogen (secondary N) is 1. The number of sulfone groups is 1. The van der Waals surface area contributed by atoms with Gasteiger partial charge in [-0.05, 0) is 26.3 Å². The zero-order valence-corrected chi connectivity index (χ0v) is 16.9. The van der Waals surface area contributed by atoms with Gasteiger partial charge in [-0.2, -0.15) is 5.10 Å². The molecule has 1 N–H and O–H groups in total. The summed E-state index contributed by atoms with van der Waals surface area (Å²) < 4.78 is 30.0. The minimum Gasteiger partial charge on any atom is -0.379 e. The molecule has 1 atom stereocenters. The van der Waals surface area contributed by atoms with Crippen LogP contribution in [0.4, 0.5) is 0 Å². The molecule has 27 heavy (non-hydrogen) atoms. The molecule has 2 rings (SSSR count). The first-order chi connectivity index (χ1) is 12.7. The zero-order valence-electron chi connectivity index (χ0n) is 16.1. The first-order valence-electron chi connectivity index (χ1n) is 8.97. The monoisotopic (exact) mass is 400 g/mol. The van der Waals surface area contributed by atoms with Crippen LogP contribution in [-0.2, 0) is 30.7 Å². The van der Waals surface area contributed by atoms with E-state index >= 15 is 0 Å². The van der Waals surface area contributed by atoms with E-state index in [2.05, 4.69) is 10.4 Å². The van der Waals surface area contributed by atoms with Crippen LogP contribution in [0.5, 0.6) is 0 Å². The molecular formula is C17H28N4O5S. The maximum atomic E-state index is 12.4. The molecular weight excluding hydrogens is 372 g/mol. The fourth-order valence-corrected chi connectivity index (χ4v) is 3.63. The Kier molecular flexibility index (Phi) is 7.37. The predicted octanol–water partition coefficient (Wildman–Crippen LogP) is -0.474. The highest BCUT2D eigenvalue weighted by Gasteiger charge is 2.28. The molecule has 0 bridgehead atoms. The summed E-state index contributed by atoms with van der Waals surface area (Å²) in [6.45, 7) is 6.08. The quantitative estimate of drug-likeness (QED) is 0.620. The molecule has 1 aliphatic heterocycles. The Morgan fingerprint density at radius 3 is 2.74 bits per heavy atom. The van der Waals surface area contributed by atoms with Gasteiger partial charge in [0.2, 0.25) is 11.8 Å². The Hall–Kier alpha value is -1.94. The second-order valence-electron chi connectivity index (χ2n) is 6.98. The summed E-state index contributed by atoms with van der Waals surface area (Å²) in [5, 5.41) is 7.25. The van der Waals surface area contributed by atoms with E-state index in [0.29, 0.717) is 13.1 Å². The Morgan fingerprint density at radius 2 is 2.11 bits per heavy atom. The van der Waals surface area contributed by atoms with Gasteiger partial charge in [0.15, 0.2) is 9.84 Å². The molecule has 0 radical (unpaired) electrons. The molecule has 0 spiro atoms. The van der Waals surface area contributed by atoms with E-state index in [0.717, 1.165) is 24.1 Å². The minimum atomic E-state index is -3.41. The summed E-state index contributed by atoms with van der Waals surface area (Å²) in [4.78, 5) is 25.9. The summed E-state index contributed by atoms with van der Waals surface area (Å²) in [6, 6.07) is 2.00. The fourth-order valence-electron chi connectivity index (χ4n) is 3.00. The summed E-state index contributed by atoms with van der Waals surface area (Å²) in [5.74, 6) is -1.75. The van der Waals surface area contributed by atoms with Crippen LogP contribution >= 0.6 is 0 Å². The maximum Gasteiger partial charge on any atom is 0.237 e. The second kappa shape index (κ2) is 9.32. The van der Waals surface area contributed by atoms with Gasteiger partial charge in [-0.15, -0.1) is 0 Å². The third kappa shape index (κ3) is 6.94. The highest BCUT2D eigenvalue weighted by atomic mass is 32.2. The third-order valence-corrected chi connectivity index (χ3v) is 5.10. The number of carbonyl (C=O) groups excluding carboxylic acids is 2. The summed E-state index contributed by atoms with van der Waals surface area (Å²) in [6.07, 6.45) is 1.75. The normalized spacial score (nSPS) is 18.2. The molecule has 1 aromatic rings. The van der Waals surface area contributed by atoms with Crippen molar-refractivity contribution in [3.05, 3.63) is 17.5 Å². The van der Waals surface area contributed by atoms with Gasteiger partial charge >= 0.3 is 0 Å². The molecule has 2 heterocycles. The van der Waals surface area contributed by atoms with Crippen LogP contribution in [0.3, 0.4) is 0 Å². The molecule has 1 aromatic heterocycles. The number of aryl methyl sites for hydroxylation is 3. The molecule has 1 fully saturated rings. The van der Waals surface area contributed by atoms with Crippen molar-refractivity contribution in [2.45, 2.75) is 26.8 Å². The molecule has 1 aliphatic rings. The number of aromatic nitrogens is 2. The molecule has 0 aromatic carbocycles. The Balaban J connectivity index is 1.81. The van der Waals surface area contributed by atoms with Crippen LogP contribution in [0.2, 0.25) is 0 Å². The van der Waals surface area contributed by atoms with E-state index in [9.17, 15) is 18.0 Å². The minimum absolute atomic E-state index is 0.164. The first-order valence-corrected chi connectivity index (χ1v) is 11.0. The van der Waals surface area contributed by atoms with Crippen molar-refractivity contribution in [1.29, 1.82) is 0 Å². The van der Waals surface area contributed by atoms with Gasteiger partial charge in [-0.1, -0.05) is 0 Å². The van der Waals surface area contributed by atoms with E-state index in [4.69, 9.17) is 4.74 Å². The molecule has 0 aliphatic carbocycles. The largest absolute Gasteiger partial charge is 0.379 e. The average molecular weight is 401 g/mol. The van der Waals surface area contributed by atoms with E-state index in [1.807, 2.05) is 24.6 Å². The number of ether oxygens (including phenoxy) is 1. The lowest BCUT2D eigenvalue weighted by Gasteiger charge is -2.23. The van der Waals surface area contributed by atoms with E-state index in [1.165, 1.54) is 4.90 Å². The third-order valence-electron chi connectivity index (χ3n) is 4.32. The van der Waals surface area contributed by atoms with Crippen molar-refractivity contribution >= 4 is 21.7 Å². The fraction of sp³-hybridized carbons (Fsp3) is 0.706. The Bertz CT molecular complexity index is 774. The van der Waals surface area contributed by atoms with Crippen molar-refractivity contribution in [2.75, 3.05) is 44.9 Å². The van der Waals surface area contributed by atoms with Crippen molar-refractivity contribution in [1.82, 2.24) is 20.0 Å². The standard InChI is InChI=1S/C17H28N4O5S/c1-13-9-14(2)21(19-13)6-4-5-18-17(23)15-10-20(7-8-26-11-15)16(22)12-27(3,24)25/h9,15H,4-8,10-12H2,1-3H3,(H,18,23). The van der Waals surface area contributed by atoms with Gasteiger partial charge in [-0.25, -0.2) is 8.42 Å². The number of carbonyl (C=O) groups is 2. The maximum absolute atomic E-state index is 12.4. The van der Waals surface area contributed by atoms with Gasteiger partial charge in [0.25, 0.3) is 0 Å². The van der Waals surface area contributed by atoms with Gasteiger partial charge in [-0.3, -0.25) is 14.3 Å². The lowest BCUT2D eigenvalue weighted by molar-refractivity contribution is -0.130. The highest BCUT2D eigenvalue weighted by molar-refractivity contribution is 7.91. The molecule has 1 saturated heterocycles. The molecule has 9 nitrogen and oxygen atoms in total. The van der Waals surface area contributed by atoms with Crippen LogP contribution in [0, 0.1) is 19.8 Å². The molecule has 2 amide bonds. The number of rotatable bonds is 7. The van der Waals surface area contributed by atoms with Crippen molar-refractivity contribution in [3.63, 3.8) is 0 Å².